The first-order valence-corrected chi connectivity index (χ1v) is 7.13. The van der Waals surface area contributed by atoms with E-state index in [1.165, 1.54) is 12.2 Å². The van der Waals surface area contributed by atoms with Gasteiger partial charge in [-0.2, -0.15) is 0 Å². The Kier molecular flexibility index (Phi) is 3.80. The summed E-state index contributed by atoms with van der Waals surface area (Å²) in [7, 11) is 1.81. The summed E-state index contributed by atoms with van der Waals surface area (Å²) in [5, 5.41) is 4.57. The first-order valence-electron chi connectivity index (χ1n) is 6.14. The van der Waals surface area contributed by atoms with Crippen molar-refractivity contribution >= 4 is 16.9 Å². The van der Waals surface area contributed by atoms with Gasteiger partial charge in [-0.05, 0) is 32.1 Å². The number of rotatable bonds is 3. The Morgan fingerprint density at radius 3 is 2.75 bits per heavy atom. The van der Waals surface area contributed by atoms with Crippen LogP contribution in [0, 0.1) is 5.92 Å². The van der Waals surface area contributed by atoms with Crippen molar-refractivity contribution in [3.05, 3.63) is 0 Å². The Morgan fingerprint density at radius 1 is 1.50 bits per heavy atom. The Morgan fingerprint density at radius 2 is 2.25 bits per heavy atom. The van der Waals surface area contributed by atoms with Gasteiger partial charge in [-0.3, -0.25) is 4.99 Å². The zero-order valence-electron chi connectivity index (χ0n) is 10.5. The zero-order chi connectivity index (χ0) is 11.6. The Balaban J connectivity index is 1.87. The maximum Gasteiger partial charge on any atom is 0.156 e. The smallest absolute Gasteiger partial charge is 0.156 e. The second-order valence-corrected chi connectivity index (χ2v) is 6.09. The molecule has 2 fully saturated rings. The Hall–Kier alpha value is -0.220. The molecule has 0 aromatic carbocycles. The van der Waals surface area contributed by atoms with E-state index >= 15 is 0 Å². The van der Waals surface area contributed by atoms with Crippen molar-refractivity contribution in [2.75, 3.05) is 19.4 Å². The molecule has 92 valence electrons. The molecule has 2 aliphatic rings. The zero-order valence-corrected chi connectivity index (χ0v) is 11.3. The molecular formula is C12H22N2OS. The van der Waals surface area contributed by atoms with E-state index in [9.17, 15) is 0 Å². The molecule has 0 radical (unpaired) electrons. The van der Waals surface area contributed by atoms with Crippen molar-refractivity contribution in [2.45, 2.75) is 44.8 Å². The lowest BCUT2D eigenvalue weighted by Gasteiger charge is -2.39. The highest BCUT2D eigenvalue weighted by atomic mass is 32.2. The van der Waals surface area contributed by atoms with E-state index in [0.717, 1.165) is 30.5 Å². The number of nitrogens with one attached hydrogen (secondary N) is 1. The molecule has 2 unspecified atom stereocenters. The van der Waals surface area contributed by atoms with Crippen LogP contribution in [0.1, 0.15) is 33.1 Å². The lowest BCUT2D eigenvalue weighted by atomic mass is 9.80. The van der Waals surface area contributed by atoms with Gasteiger partial charge in [-0.1, -0.05) is 18.7 Å². The average Bonchev–Trinajstić information content (AvgIpc) is 2.22. The predicted octanol–water partition coefficient (Wildman–Crippen LogP) is 2.27. The number of nitrogens with zero attached hydrogens (tertiary/aromatic N) is 1. The van der Waals surface area contributed by atoms with Gasteiger partial charge >= 0.3 is 0 Å². The molecule has 1 aliphatic carbocycles. The van der Waals surface area contributed by atoms with E-state index in [4.69, 9.17) is 4.74 Å². The van der Waals surface area contributed by atoms with Crippen molar-refractivity contribution in [3.63, 3.8) is 0 Å². The van der Waals surface area contributed by atoms with Crippen LogP contribution in [0.15, 0.2) is 4.99 Å². The van der Waals surface area contributed by atoms with Gasteiger partial charge < -0.3 is 10.1 Å². The third-order valence-corrected chi connectivity index (χ3v) is 5.11. The summed E-state index contributed by atoms with van der Waals surface area (Å²) in [5.41, 5.74) is 0.0571. The number of hydrogen-bond donors (Lipinski definition) is 1. The van der Waals surface area contributed by atoms with Crippen LogP contribution in [0.2, 0.25) is 0 Å². The molecule has 1 heterocycles. The number of thioether (sulfide) groups is 1. The predicted molar refractivity (Wildman–Crippen MR) is 70.1 cm³/mol. The monoisotopic (exact) mass is 242 g/mol. The van der Waals surface area contributed by atoms with Crippen LogP contribution in [0.5, 0.6) is 0 Å². The van der Waals surface area contributed by atoms with E-state index in [1.807, 2.05) is 18.9 Å². The van der Waals surface area contributed by atoms with Crippen molar-refractivity contribution in [2.24, 2.45) is 10.9 Å². The molecule has 0 spiro atoms. The van der Waals surface area contributed by atoms with E-state index in [1.54, 1.807) is 0 Å². The van der Waals surface area contributed by atoms with Crippen LogP contribution in [0.4, 0.5) is 0 Å². The second-order valence-electron chi connectivity index (χ2n) is 5.08. The van der Waals surface area contributed by atoms with Gasteiger partial charge in [-0.25, -0.2) is 0 Å². The lowest BCUT2D eigenvalue weighted by Crippen LogP contribution is -2.45. The molecule has 3 nitrogen and oxygen atoms in total. The standard InChI is InChI=1S/C12H22N2OS/c1-9-7-16-11(14-10(9)2)13-8-12(15-3)5-4-6-12/h9-10H,4-8H2,1-3H3,(H,13,14). The quantitative estimate of drug-likeness (QED) is 0.824. The fourth-order valence-corrected chi connectivity index (χ4v) is 3.17. The summed E-state index contributed by atoms with van der Waals surface area (Å²) in [6.45, 7) is 5.33. The SMILES string of the molecule is COC1(CN=C2NC(C)C(C)CS2)CCC1. The van der Waals surface area contributed by atoms with Gasteiger partial charge in [0.1, 0.15) is 0 Å². The molecule has 0 aromatic heterocycles. The minimum Gasteiger partial charge on any atom is -0.376 e. The van der Waals surface area contributed by atoms with Gasteiger partial charge in [-0.15, -0.1) is 0 Å². The number of methoxy groups -OCH3 is 1. The van der Waals surface area contributed by atoms with Crippen molar-refractivity contribution in [1.82, 2.24) is 5.32 Å². The number of amidine groups is 1. The average molecular weight is 242 g/mol. The molecule has 0 aromatic rings. The van der Waals surface area contributed by atoms with Crippen LogP contribution >= 0.6 is 11.8 Å². The minimum absolute atomic E-state index is 0.0571. The Bertz CT molecular complexity index is 271. The van der Waals surface area contributed by atoms with E-state index in [0.29, 0.717) is 6.04 Å². The molecule has 2 rings (SSSR count). The molecule has 0 amide bonds. The summed E-state index contributed by atoms with van der Waals surface area (Å²) in [6.07, 6.45) is 3.61. The first-order chi connectivity index (χ1) is 7.65. The topological polar surface area (TPSA) is 33.6 Å². The summed E-state index contributed by atoms with van der Waals surface area (Å²) >= 11 is 1.84. The molecule has 1 saturated heterocycles. The van der Waals surface area contributed by atoms with Crippen molar-refractivity contribution in [3.8, 4) is 0 Å². The molecule has 1 aliphatic heterocycles. The van der Waals surface area contributed by atoms with Gasteiger partial charge in [0.2, 0.25) is 0 Å². The third-order valence-electron chi connectivity index (χ3n) is 3.90. The Labute approximate surface area is 102 Å². The molecule has 0 bridgehead atoms. The largest absolute Gasteiger partial charge is 0.376 e. The summed E-state index contributed by atoms with van der Waals surface area (Å²) < 4.78 is 5.57. The van der Waals surface area contributed by atoms with Gasteiger partial charge in [0.15, 0.2) is 5.17 Å². The maximum absolute atomic E-state index is 5.57. The highest BCUT2D eigenvalue weighted by Gasteiger charge is 2.37. The van der Waals surface area contributed by atoms with E-state index in [-0.39, 0.29) is 5.60 Å². The number of ether oxygens (including phenoxy) is 1. The minimum atomic E-state index is 0.0571. The molecule has 4 heteroatoms. The fourth-order valence-electron chi connectivity index (χ4n) is 2.04. The van der Waals surface area contributed by atoms with Crippen LogP contribution in [-0.2, 0) is 4.74 Å². The first kappa shape index (κ1) is 12.2. The molecule has 1 N–H and O–H groups in total. The number of hydrogen-bond acceptors (Lipinski definition) is 3. The van der Waals surface area contributed by atoms with Crippen molar-refractivity contribution in [1.29, 1.82) is 0 Å². The highest BCUT2D eigenvalue weighted by molar-refractivity contribution is 8.13. The van der Waals surface area contributed by atoms with E-state index in [2.05, 4.69) is 24.2 Å². The summed E-state index contributed by atoms with van der Waals surface area (Å²) in [4.78, 5) is 4.68. The lowest BCUT2D eigenvalue weighted by molar-refractivity contribution is -0.0629. The van der Waals surface area contributed by atoms with Crippen LogP contribution < -0.4 is 5.32 Å². The highest BCUT2D eigenvalue weighted by Crippen LogP contribution is 2.35. The fraction of sp³-hybridized carbons (Fsp3) is 0.917. The van der Waals surface area contributed by atoms with Crippen molar-refractivity contribution < 1.29 is 4.74 Å². The summed E-state index contributed by atoms with van der Waals surface area (Å²) in [5.74, 6) is 1.90. The van der Waals surface area contributed by atoms with Gasteiger partial charge in [0.25, 0.3) is 0 Å². The normalized spacial score (nSPS) is 35.6. The van der Waals surface area contributed by atoms with Crippen LogP contribution in [-0.4, -0.2) is 36.2 Å². The van der Waals surface area contributed by atoms with Gasteiger partial charge in [0.05, 0.1) is 12.1 Å². The van der Waals surface area contributed by atoms with Crippen LogP contribution in [0.3, 0.4) is 0 Å². The number of aliphatic imine (C=N–C) groups is 1. The molecular weight excluding hydrogens is 220 g/mol. The van der Waals surface area contributed by atoms with E-state index < -0.39 is 0 Å². The second kappa shape index (κ2) is 4.96. The maximum atomic E-state index is 5.57. The molecule has 1 saturated carbocycles. The van der Waals surface area contributed by atoms with Gasteiger partial charge in [0, 0.05) is 18.9 Å². The summed E-state index contributed by atoms with van der Waals surface area (Å²) in [6, 6.07) is 0.542. The molecule has 2 atom stereocenters. The third kappa shape index (κ3) is 2.54. The van der Waals surface area contributed by atoms with Crippen LogP contribution in [0.25, 0.3) is 0 Å². The molecule has 16 heavy (non-hydrogen) atoms.